The Morgan fingerprint density at radius 1 is 1.67 bits per heavy atom. The molecule has 0 aliphatic rings. The van der Waals surface area contributed by atoms with Crippen molar-refractivity contribution in [3.63, 3.8) is 0 Å². The molecule has 0 fully saturated rings. The quantitative estimate of drug-likeness (QED) is 0.447. The van der Waals surface area contributed by atoms with Gasteiger partial charge in [-0.25, -0.2) is 9.59 Å². The van der Waals surface area contributed by atoms with E-state index in [2.05, 4.69) is 4.98 Å². The van der Waals surface area contributed by atoms with Crippen molar-refractivity contribution in [1.29, 1.82) is 0 Å². The van der Waals surface area contributed by atoms with E-state index in [1.165, 1.54) is 11.8 Å². The van der Waals surface area contributed by atoms with Gasteiger partial charge in [-0.15, -0.1) is 0 Å². The van der Waals surface area contributed by atoms with Gasteiger partial charge in [0.25, 0.3) is 0 Å². The van der Waals surface area contributed by atoms with Crippen LogP contribution in [0.4, 0.5) is 0 Å². The maximum absolute atomic E-state index is 10.9. The van der Waals surface area contributed by atoms with Crippen molar-refractivity contribution in [3.05, 3.63) is 21.0 Å². The minimum absolute atomic E-state index is 0.228. The van der Waals surface area contributed by atoms with E-state index in [1.807, 2.05) is 11.9 Å². The van der Waals surface area contributed by atoms with E-state index in [-0.39, 0.29) is 5.16 Å². The summed E-state index contributed by atoms with van der Waals surface area (Å²) in [6.45, 7) is 1.87. The lowest BCUT2D eigenvalue weighted by atomic mass is 11.0. The van der Waals surface area contributed by atoms with Crippen molar-refractivity contribution in [3.8, 4) is 0 Å². The van der Waals surface area contributed by atoms with Crippen molar-refractivity contribution in [2.45, 2.75) is 12.1 Å². The Kier molecular flexibility index (Phi) is 2.54. The number of rotatable bonds is 2. The highest BCUT2D eigenvalue weighted by atomic mass is 32.2. The first-order chi connectivity index (χ1) is 5.65. The minimum Gasteiger partial charge on any atom is -0.333 e. The second kappa shape index (κ2) is 3.44. The van der Waals surface area contributed by atoms with Crippen LogP contribution in [-0.4, -0.2) is 20.4 Å². The smallest absolute Gasteiger partial charge is 0.333 e. The number of nitrogens with one attached hydrogen (secondary N) is 1. The van der Waals surface area contributed by atoms with Gasteiger partial charge in [-0.3, -0.25) is 4.98 Å². The third-order valence-corrected chi connectivity index (χ3v) is 1.94. The van der Waals surface area contributed by atoms with Gasteiger partial charge in [0.1, 0.15) is 0 Å². The number of hydrogen-bond donors (Lipinski definition) is 2. The van der Waals surface area contributed by atoms with Crippen LogP contribution in [0.3, 0.4) is 0 Å². The largest absolute Gasteiger partial charge is 0.351 e. The van der Waals surface area contributed by atoms with Gasteiger partial charge in [-0.05, 0) is 5.75 Å². The molecule has 0 unspecified atom stereocenters. The number of aromatic nitrogens is 3. The Labute approximate surface area is 71.8 Å². The topological polar surface area (TPSA) is 93.8 Å². The zero-order valence-electron chi connectivity index (χ0n) is 6.40. The molecule has 0 aromatic carbocycles. The van der Waals surface area contributed by atoms with E-state index in [0.29, 0.717) is 5.75 Å². The van der Waals surface area contributed by atoms with E-state index < -0.39 is 11.4 Å². The summed E-state index contributed by atoms with van der Waals surface area (Å²) in [5, 5.41) is 0.228. The molecule has 7 heteroatoms. The molecular weight excluding hydrogens is 180 g/mol. The zero-order chi connectivity index (χ0) is 9.14. The van der Waals surface area contributed by atoms with Crippen molar-refractivity contribution in [2.75, 3.05) is 11.6 Å². The molecule has 12 heavy (non-hydrogen) atoms. The van der Waals surface area contributed by atoms with E-state index in [4.69, 9.17) is 5.84 Å². The molecule has 3 N–H and O–H groups in total. The average Bonchev–Trinajstić information content (AvgIpc) is 2.00. The summed E-state index contributed by atoms with van der Waals surface area (Å²) in [4.78, 5) is 27.0. The second-order valence-corrected chi connectivity index (χ2v) is 3.16. The fourth-order valence-electron chi connectivity index (χ4n) is 0.638. The van der Waals surface area contributed by atoms with Crippen LogP contribution >= 0.6 is 11.8 Å². The monoisotopic (exact) mass is 188 g/mol. The van der Waals surface area contributed by atoms with Crippen molar-refractivity contribution in [1.82, 2.24) is 14.6 Å². The summed E-state index contributed by atoms with van der Waals surface area (Å²) in [6, 6.07) is 0. The van der Waals surface area contributed by atoms with Gasteiger partial charge in [0.05, 0.1) is 0 Å². The highest BCUT2D eigenvalue weighted by Gasteiger charge is 2.02. The molecule has 66 valence electrons. The molecule has 1 aromatic rings. The maximum atomic E-state index is 10.9. The van der Waals surface area contributed by atoms with Crippen LogP contribution in [0.1, 0.15) is 6.92 Å². The first-order valence-corrected chi connectivity index (χ1v) is 4.25. The lowest BCUT2D eigenvalue weighted by molar-refractivity contribution is 0.691. The Balaban J connectivity index is 3.28. The molecule has 1 heterocycles. The molecule has 1 rings (SSSR count). The fourth-order valence-corrected chi connectivity index (χ4v) is 1.27. The Bertz CT molecular complexity index is 382. The van der Waals surface area contributed by atoms with Crippen molar-refractivity contribution >= 4 is 11.8 Å². The number of aromatic amines is 1. The molecule has 0 aliphatic heterocycles. The normalized spacial score (nSPS) is 10.1. The van der Waals surface area contributed by atoms with Gasteiger partial charge in [0.15, 0.2) is 5.16 Å². The highest BCUT2D eigenvalue weighted by Crippen LogP contribution is 2.07. The molecule has 0 saturated carbocycles. The number of H-pyrrole nitrogens is 1. The van der Waals surface area contributed by atoms with Crippen LogP contribution in [0, 0.1) is 0 Å². The summed E-state index contributed by atoms with van der Waals surface area (Å²) in [5.41, 5.74) is -1.32. The van der Waals surface area contributed by atoms with Crippen molar-refractivity contribution in [2.24, 2.45) is 0 Å². The first-order valence-electron chi connectivity index (χ1n) is 3.26. The van der Waals surface area contributed by atoms with Crippen LogP contribution in [0.15, 0.2) is 14.7 Å². The molecule has 0 radical (unpaired) electrons. The predicted molar refractivity (Wildman–Crippen MR) is 45.7 cm³/mol. The molecule has 6 nitrogen and oxygen atoms in total. The maximum Gasteiger partial charge on any atom is 0.351 e. The standard InChI is InChI=1S/C5H8N4O2S/c1-2-12-5-8-3(10)7-4(11)9(5)6/h2,6H2,1H3,(H,7,10,11). The van der Waals surface area contributed by atoms with Crippen LogP contribution in [0.25, 0.3) is 0 Å². The fraction of sp³-hybridized carbons (Fsp3) is 0.400. The molecule has 0 bridgehead atoms. The van der Waals surface area contributed by atoms with Crippen LogP contribution in [-0.2, 0) is 0 Å². The minimum atomic E-state index is -0.669. The summed E-state index contributed by atoms with van der Waals surface area (Å²) in [5.74, 6) is 5.99. The Morgan fingerprint density at radius 2 is 2.33 bits per heavy atom. The summed E-state index contributed by atoms with van der Waals surface area (Å²) >= 11 is 1.24. The van der Waals surface area contributed by atoms with Gasteiger partial charge < -0.3 is 5.84 Å². The van der Waals surface area contributed by atoms with Gasteiger partial charge in [0.2, 0.25) is 0 Å². The number of thioether (sulfide) groups is 1. The summed E-state index contributed by atoms with van der Waals surface area (Å²) in [7, 11) is 0. The lowest BCUT2D eigenvalue weighted by Crippen LogP contribution is -2.37. The SMILES string of the molecule is CCSc1nc(=O)[nH]c(=O)n1N. The van der Waals surface area contributed by atoms with Crippen LogP contribution < -0.4 is 17.2 Å². The molecule has 0 amide bonds. The van der Waals surface area contributed by atoms with Gasteiger partial charge in [0, 0.05) is 0 Å². The zero-order valence-corrected chi connectivity index (χ0v) is 7.22. The number of nitrogen functional groups attached to an aromatic ring is 1. The third-order valence-electron chi connectivity index (χ3n) is 1.11. The second-order valence-electron chi connectivity index (χ2n) is 1.93. The van der Waals surface area contributed by atoms with Crippen LogP contribution in [0.5, 0.6) is 0 Å². The molecule has 0 aliphatic carbocycles. The molecule has 1 aromatic heterocycles. The predicted octanol–water partition coefficient (Wildman–Crippen LogP) is -1.24. The Hall–Kier alpha value is -1.24. The van der Waals surface area contributed by atoms with Gasteiger partial charge in [-0.1, -0.05) is 18.7 Å². The molecule has 0 saturated heterocycles. The summed E-state index contributed by atoms with van der Waals surface area (Å²) in [6.07, 6.45) is 0. The number of hydrogen-bond acceptors (Lipinski definition) is 5. The Morgan fingerprint density at radius 3 is 2.92 bits per heavy atom. The molecule has 0 spiro atoms. The van der Waals surface area contributed by atoms with E-state index in [9.17, 15) is 9.59 Å². The number of nitrogens with zero attached hydrogens (tertiary/aromatic N) is 2. The van der Waals surface area contributed by atoms with E-state index in [0.717, 1.165) is 4.68 Å². The summed E-state index contributed by atoms with van der Waals surface area (Å²) < 4.78 is 0.815. The highest BCUT2D eigenvalue weighted by molar-refractivity contribution is 7.99. The first kappa shape index (κ1) is 8.85. The molecular formula is C5H8N4O2S. The van der Waals surface area contributed by atoms with E-state index in [1.54, 1.807) is 0 Å². The molecule has 0 atom stereocenters. The van der Waals surface area contributed by atoms with Crippen LogP contribution in [0.2, 0.25) is 0 Å². The number of nitrogens with two attached hydrogens (primary N) is 1. The van der Waals surface area contributed by atoms with Gasteiger partial charge >= 0.3 is 11.4 Å². The van der Waals surface area contributed by atoms with Gasteiger partial charge in [-0.2, -0.15) is 9.66 Å². The third kappa shape index (κ3) is 1.67. The van der Waals surface area contributed by atoms with E-state index >= 15 is 0 Å². The van der Waals surface area contributed by atoms with Crippen molar-refractivity contribution < 1.29 is 0 Å². The average molecular weight is 188 g/mol. The lowest BCUT2D eigenvalue weighted by Gasteiger charge is -2.01.